The van der Waals surface area contributed by atoms with Crippen LogP contribution in [0.15, 0.2) is 60.7 Å². The van der Waals surface area contributed by atoms with Crippen LogP contribution in [0.25, 0.3) is 0 Å². The smallest absolute Gasteiger partial charge is 0.338 e. The van der Waals surface area contributed by atoms with Crippen molar-refractivity contribution in [3.05, 3.63) is 76.8 Å². The van der Waals surface area contributed by atoms with Crippen molar-refractivity contribution in [2.45, 2.75) is 6.92 Å². The summed E-state index contributed by atoms with van der Waals surface area (Å²) in [7, 11) is 2.84. The average Bonchev–Trinajstić information content (AvgIpc) is 2.91. The van der Waals surface area contributed by atoms with E-state index in [0.717, 1.165) is 0 Å². The molecule has 2 N–H and O–H groups in total. The van der Waals surface area contributed by atoms with Crippen LogP contribution >= 0.6 is 11.6 Å². The molecule has 3 rings (SSSR count). The monoisotopic (exact) mass is 540 g/mol. The Kier molecular flexibility index (Phi) is 9.66. The topological polar surface area (TPSA) is 129 Å². The van der Waals surface area contributed by atoms with E-state index < -0.39 is 24.4 Å². The number of ketones is 1. The number of rotatable bonds is 11. The van der Waals surface area contributed by atoms with Gasteiger partial charge in [0.1, 0.15) is 5.75 Å². The minimum absolute atomic E-state index is 0.0925. The van der Waals surface area contributed by atoms with Crippen LogP contribution in [-0.4, -0.2) is 51.0 Å². The highest BCUT2D eigenvalue weighted by atomic mass is 35.5. The second-order valence-electron chi connectivity index (χ2n) is 7.80. The van der Waals surface area contributed by atoms with Crippen LogP contribution in [0, 0.1) is 0 Å². The number of amides is 2. The first kappa shape index (κ1) is 28.0. The number of hydrogen-bond donors (Lipinski definition) is 2. The minimum atomic E-state index is -0.761. The van der Waals surface area contributed by atoms with Gasteiger partial charge in [-0.25, -0.2) is 4.79 Å². The molecular formula is C27H25ClN2O8. The van der Waals surface area contributed by atoms with Crippen LogP contribution in [0.3, 0.4) is 0 Å². The lowest BCUT2D eigenvalue weighted by molar-refractivity contribution is -0.119. The molecule has 2 amide bonds. The Bertz CT molecular complexity index is 1340. The second kappa shape index (κ2) is 13.1. The normalized spacial score (nSPS) is 10.2. The van der Waals surface area contributed by atoms with Crippen molar-refractivity contribution in [2.75, 3.05) is 38.1 Å². The third-order valence-corrected chi connectivity index (χ3v) is 5.34. The van der Waals surface area contributed by atoms with E-state index in [1.807, 2.05) is 0 Å². The summed E-state index contributed by atoms with van der Waals surface area (Å²) in [6, 6.07) is 15.3. The van der Waals surface area contributed by atoms with Crippen LogP contribution in [0.1, 0.15) is 27.6 Å². The molecule has 10 nitrogen and oxygen atoms in total. The molecule has 0 saturated carbocycles. The molecule has 0 saturated heterocycles. The van der Waals surface area contributed by atoms with Crippen molar-refractivity contribution >= 4 is 46.5 Å². The molecule has 0 aliphatic rings. The van der Waals surface area contributed by atoms with Crippen molar-refractivity contribution in [1.29, 1.82) is 0 Å². The number of benzene rings is 3. The second-order valence-corrected chi connectivity index (χ2v) is 8.24. The van der Waals surface area contributed by atoms with E-state index in [-0.39, 0.29) is 29.5 Å². The SMILES string of the molecule is COc1ccc(Cl)cc1NC(=O)COc1ccc(C(=O)OCC(=O)Nc2ccc(C(C)=O)cc2)cc1OC. The highest BCUT2D eigenvalue weighted by Crippen LogP contribution is 2.30. The average molecular weight is 541 g/mol. The summed E-state index contributed by atoms with van der Waals surface area (Å²) in [6.45, 7) is 0.558. The fourth-order valence-corrected chi connectivity index (χ4v) is 3.39. The van der Waals surface area contributed by atoms with Gasteiger partial charge < -0.3 is 29.6 Å². The summed E-state index contributed by atoms with van der Waals surface area (Å²) in [6.07, 6.45) is 0. The Morgan fingerprint density at radius 1 is 0.737 bits per heavy atom. The van der Waals surface area contributed by atoms with Gasteiger partial charge in [-0.3, -0.25) is 14.4 Å². The first-order chi connectivity index (χ1) is 18.2. The van der Waals surface area contributed by atoms with Gasteiger partial charge >= 0.3 is 5.97 Å². The maximum atomic E-state index is 12.4. The number of anilines is 2. The lowest BCUT2D eigenvalue weighted by Gasteiger charge is -2.13. The summed E-state index contributed by atoms with van der Waals surface area (Å²) < 4.78 is 21.1. The number of carbonyl (C=O) groups excluding carboxylic acids is 4. The van der Waals surface area contributed by atoms with E-state index in [9.17, 15) is 19.2 Å². The highest BCUT2D eigenvalue weighted by Gasteiger charge is 2.16. The maximum absolute atomic E-state index is 12.4. The first-order valence-corrected chi connectivity index (χ1v) is 11.6. The fourth-order valence-electron chi connectivity index (χ4n) is 3.22. The lowest BCUT2D eigenvalue weighted by Crippen LogP contribution is -2.21. The van der Waals surface area contributed by atoms with Gasteiger partial charge in [0.25, 0.3) is 11.8 Å². The van der Waals surface area contributed by atoms with Gasteiger partial charge in [-0.1, -0.05) is 11.6 Å². The molecule has 3 aromatic rings. The minimum Gasteiger partial charge on any atom is -0.495 e. The number of carbonyl (C=O) groups is 4. The molecule has 198 valence electrons. The van der Waals surface area contributed by atoms with E-state index in [2.05, 4.69) is 10.6 Å². The van der Waals surface area contributed by atoms with E-state index in [1.54, 1.807) is 42.5 Å². The van der Waals surface area contributed by atoms with Crippen molar-refractivity contribution in [2.24, 2.45) is 0 Å². The van der Waals surface area contributed by atoms with Crippen LogP contribution < -0.4 is 24.8 Å². The maximum Gasteiger partial charge on any atom is 0.338 e. The molecule has 0 aliphatic heterocycles. The molecule has 3 aromatic carbocycles. The summed E-state index contributed by atoms with van der Waals surface area (Å²) in [5.41, 5.74) is 1.46. The van der Waals surface area contributed by atoms with Crippen molar-refractivity contribution in [3.63, 3.8) is 0 Å². The molecule has 0 bridgehead atoms. The van der Waals surface area contributed by atoms with Gasteiger partial charge in [0, 0.05) is 16.3 Å². The molecule has 0 radical (unpaired) electrons. The van der Waals surface area contributed by atoms with Crippen LogP contribution in [-0.2, 0) is 14.3 Å². The van der Waals surface area contributed by atoms with E-state index in [1.165, 1.54) is 39.3 Å². The standard InChI is InChI=1S/C27H25ClN2O8/c1-16(31)17-4-8-20(9-5-17)29-25(32)15-38-27(34)18-6-10-23(24(12-18)36-3)37-14-26(33)30-21-13-19(28)7-11-22(21)35-2/h4-13H,14-15H2,1-3H3,(H,29,32)(H,30,33). The summed E-state index contributed by atoms with van der Waals surface area (Å²) in [5, 5.41) is 5.65. The third-order valence-electron chi connectivity index (χ3n) is 5.10. The van der Waals surface area contributed by atoms with Gasteiger partial charge in [0.15, 0.2) is 30.5 Å². The molecule has 11 heteroatoms. The first-order valence-electron chi connectivity index (χ1n) is 11.2. The van der Waals surface area contributed by atoms with Gasteiger partial charge in [0.2, 0.25) is 0 Å². The zero-order valence-electron chi connectivity index (χ0n) is 20.8. The Labute approximate surface area is 223 Å². The van der Waals surface area contributed by atoms with Gasteiger partial charge in [-0.05, 0) is 67.6 Å². The summed E-state index contributed by atoms with van der Waals surface area (Å²) >= 11 is 5.98. The number of halogens is 1. The Morgan fingerprint density at radius 3 is 2.03 bits per heavy atom. The van der Waals surface area contributed by atoms with Gasteiger partial charge in [-0.2, -0.15) is 0 Å². The van der Waals surface area contributed by atoms with Gasteiger partial charge in [-0.15, -0.1) is 0 Å². The highest BCUT2D eigenvalue weighted by molar-refractivity contribution is 6.31. The number of ether oxygens (including phenoxy) is 4. The third kappa shape index (κ3) is 7.71. The molecule has 0 unspecified atom stereocenters. The number of hydrogen-bond acceptors (Lipinski definition) is 8. The lowest BCUT2D eigenvalue weighted by atomic mass is 10.1. The van der Waals surface area contributed by atoms with E-state index in [4.69, 9.17) is 30.5 Å². The number of Topliss-reactive ketones (excluding diaryl/α,β-unsaturated/α-hetero) is 1. The molecule has 0 aromatic heterocycles. The zero-order valence-corrected chi connectivity index (χ0v) is 21.6. The van der Waals surface area contributed by atoms with Crippen molar-refractivity contribution in [3.8, 4) is 17.2 Å². The predicted octanol–water partition coefficient (Wildman–Crippen LogP) is 4.37. The predicted molar refractivity (Wildman–Crippen MR) is 140 cm³/mol. The zero-order chi connectivity index (χ0) is 27.7. The summed E-state index contributed by atoms with van der Waals surface area (Å²) in [4.78, 5) is 48.3. The number of nitrogens with one attached hydrogen (secondary N) is 2. The Morgan fingerprint density at radius 2 is 1.37 bits per heavy atom. The summed E-state index contributed by atoms with van der Waals surface area (Å²) in [5.74, 6) is -1.05. The fraction of sp³-hybridized carbons (Fsp3) is 0.185. The van der Waals surface area contributed by atoms with E-state index >= 15 is 0 Å². The molecule has 0 aliphatic carbocycles. The molecule has 0 spiro atoms. The molecule has 38 heavy (non-hydrogen) atoms. The van der Waals surface area contributed by atoms with Gasteiger partial charge in [0.05, 0.1) is 25.5 Å². The molecular weight excluding hydrogens is 516 g/mol. The van der Waals surface area contributed by atoms with Crippen molar-refractivity contribution < 1.29 is 38.1 Å². The quantitative estimate of drug-likeness (QED) is 0.271. The number of esters is 1. The van der Waals surface area contributed by atoms with Crippen LogP contribution in [0.4, 0.5) is 11.4 Å². The van der Waals surface area contributed by atoms with Crippen LogP contribution in [0.2, 0.25) is 5.02 Å². The largest absolute Gasteiger partial charge is 0.495 e. The Balaban J connectivity index is 1.54. The van der Waals surface area contributed by atoms with Crippen molar-refractivity contribution in [1.82, 2.24) is 0 Å². The molecule has 0 heterocycles. The Hall–Kier alpha value is -4.57. The van der Waals surface area contributed by atoms with E-state index in [0.29, 0.717) is 27.7 Å². The molecule has 0 fully saturated rings. The van der Waals surface area contributed by atoms with Crippen LogP contribution in [0.5, 0.6) is 17.2 Å². The molecule has 0 atom stereocenters. The number of methoxy groups -OCH3 is 2.